The predicted octanol–water partition coefficient (Wildman–Crippen LogP) is -1.62. The molecule has 0 amide bonds. The summed E-state index contributed by atoms with van der Waals surface area (Å²) in [6, 6.07) is 0. The quantitative estimate of drug-likeness (QED) is 0.257. The molecule has 0 aliphatic carbocycles. The first-order valence-electron chi connectivity index (χ1n) is 2.90. The Morgan fingerprint density at radius 1 is 1.40 bits per heavy atom. The molecule has 0 aliphatic heterocycles. The molecule has 54 valence electrons. The van der Waals surface area contributed by atoms with Crippen LogP contribution in [0.1, 0.15) is 12.8 Å². The third-order valence-corrected chi connectivity index (χ3v) is 1.08. The number of rotatable bonds is 5. The van der Waals surface area contributed by atoms with Crippen molar-refractivity contribution in [3.05, 3.63) is 12.7 Å². The second kappa shape index (κ2) is 9.26. The number of ether oxygens (including phenoxy) is 2. The fourth-order valence-corrected chi connectivity index (χ4v) is 0.552. The van der Waals surface area contributed by atoms with Gasteiger partial charge in [0.05, 0.1) is 0 Å². The van der Waals surface area contributed by atoms with Crippen LogP contribution < -0.4 is 18.9 Å². The summed E-state index contributed by atoms with van der Waals surface area (Å²) in [7, 11) is 3.24. The smallest absolute Gasteiger partial charge is 0.504 e. The average molecular weight is 136 g/mol. The Kier molecular flexibility index (Phi) is 11.9. The summed E-state index contributed by atoms with van der Waals surface area (Å²) in [6.45, 7) is 3.47. The Balaban J connectivity index is 0. The van der Waals surface area contributed by atoms with Crippen molar-refractivity contribution in [1.82, 2.24) is 0 Å². The van der Waals surface area contributed by atoms with Gasteiger partial charge in [-0.3, -0.25) is 6.58 Å². The third-order valence-electron chi connectivity index (χ3n) is 1.08. The van der Waals surface area contributed by atoms with E-state index in [0.717, 1.165) is 12.8 Å². The largest absolute Gasteiger partial charge is 1.00 e. The Bertz CT molecular complexity index is 72.0. The molecule has 2 nitrogen and oxygen atoms in total. The van der Waals surface area contributed by atoms with Gasteiger partial charge in [-0.2, -0.15) is 6.42 Å². The van der Waals surface area contributed by atoms with Gasteiger partial charge in [-0.05, 0) is 6.42 Å². The molecular formula is C7H13LiO2. The second-order valence-electron chi connectivity index (χ2n) is 1.69. The van der Waals surface area contributed by atoms with Crippen LogP contribution in [-0.2, 0) is 9.47 Å². The number of allylic oxidation sites excluding steroid dienone is 1. The van der Waals surface area contributed by atoms with E-state index in [1.165, 1.54) is 0 Å². The molecule has 0 aliphatic rings. The molecule has 0 atom stereocenters. The number of hydrogen-bond acceptors (Lipinski definition) is 2. The number of methoxy groups -OCH3 is 2. The topological polar surface area (TPSA) is 18.5 Å². The maximum atomic E-state index is 4.91. The second-order valence-corrected chi connectivity index (χ2v) is 1.69. The molecule has 0 aromatic rings. The summed E-state index contributed by atoms with van der Waals surface area (Å²) in [6.07, 6.45) is 4.30. The monoisotopic (exact) mass is 136 g/mol. The van der Waals surface area contributed by atoms with Gasteiger partial charge in [-0.15, -0.1) is 0 Å². The Morgan fingerprint density at radius 2 is 1.90 bits per heavy atom. The van der Waals surface area contributed by atoms with Crippen molar-refractivity contribution in [2.45, 2.75) is 19.1 Å². The van der Waals surface area contributed by atoms with Crippen LogP contribution >= 0.6 is 0 Å². The van der Waals surface area contributed by atoms with Crippen molar-refractivity contribution in [3.63, 3.8) is 0 Å². The van der Waals surface area contributed by atoms with Crippen LogP contribution in [0.25, 0.3) is 0 Å². The van der Waals surface area contributed by atoms with Crippen LogP contribution in [0.2, 0.25) is 0 Å². The van der Waals surface area contributed by atoms with E-state index in [2.05, 4.69) is 12.7 Å². The van der Waals surface area contributed by atoms with Gasteiger partial charge in [-0.1, -0.05) is 0 Å². The standard InChI is InChI=1S/C7H13O2.Li/c1-4-5-6-7(8-2)9-3;/h7H,1,5-6H2,2-3H3;/q-1;+1. The Morgan fingerprint density at radius 3 is 2.20 bits per heavy atom. The zero-order chi connectivity index (χ0) is 7.11. The van der Waals surface area contributed by atoms with E-state index in [-0.39, 0.29) is 25.2 Å². The molecule has 0 aromatic carbocycles. The Hall–Kier alpha value is 0.257. The van der Waals surface area contributed by atoms with Crippen LogP contribution in [0.4, 0.5) is 0 Å². The van der Waals surface area contributed by atoms with Gasteiger partial charge in [0.15, 0.2) is 6.29 Å². The fraction of sp³-hybridized carbons (Fsp3) is 0.714. The van der Waals surface area contributed by atoms with Gasteiger partial charge in [0.2, 0.25) is 0 Å². The van der Waals surface area contributed by atoms with Gasteiger partial charge in [-0.25, -0.2) is 0 Å². The van der Waals surface area contributed by atoms with E-state index in [4.69, 9.17) is 9.47 Å². The van der Waals surface area contributed by atoms with Gasteiger partial charge >= 0.3 is 18.9 Å². The third kappa shape index (κ3) is 6.38. The maximum absolute atomic E-state index is 4.91. The van der Waals surface area contributed by atoms with E-state index in [0.29, 0.717) is 0 Å². The number of hydrogen-bond donors (Lipinski definition) is 0. The summed E-state index contributed by atoms with van der Waals surface area (Å²) in [5.74, 6) is 0. The molecule has 0 saturated heterocycles. The molecule has 0 radical (unpaired) electrons. The van der Waals surface area contributed by atoms with Crippen LogP contribution in [0.15, 0.2) is 6.58 Å². The van der Waals surface area contributed by atoms with Crippen molar-refractivity contribution in [2.75, 3.05) is 14.2 Å². The minimum absolute atomic E-state index is 0. The molecule has 0 fully saturated rings. The molecule has 0 heterocycles. The van der Waals surface area contributed by atoms with Gasteiger partial charge in [0.25, 0.3) is 0 Å². The van der Waals surface area contributed by atoms with Crippen LogP contribution in [0.5, 0.6) is 0 Å². The van der Waals surface area contributed by atoms with Gasteiger partial charge in [0.1, 0.15) is 0 Å². The normalized spacial score (nSPS) is 9.10. The van der Waals surface area contributed by atoms with Crippen molar-refractivity contribution < 1.29 is 28.3 Å². The molecule has 0 N–H and O–H groups in total. The average Bonchev–Trinajstić information content (AvgIpc) is 1.91. The molecule has 0 saturated carbocycles. The molecule has 0 spiro atoms. The molecule has 0 rings (SSSR count). The van der Waals surface area contributed by atoms with E-state index in [9.17, 15) is 0 Å². The van der Waals surface area contributed by atoms with E-state index >= 15 is 0 Å². The summed E-state index contributed by atoms with van der Waals surface area (Å²) < 4.78 is 9.82. The Labute approximate surface area is 74.8 Å². The first-order valence-corrected chi connectivity index (χ1v) is 2.90. The van der Waals surface area contributed by atoms with E-state index in [1.807, 2.05) is 0 Å². The fourth-order valence-electron chi connectivity index (χ4n) is 0.552. The summed E-state index contributed by atoms with van der Waals surface area (Å²) in [4.78, 5) is 0. The molecule has 0 unspecified atom stereocenters. The molecule has 10 heavy (non-hydrogen) atoms. The molecular weight excluding hydrogens is 123 g/mol. The first kappa shape index (κ1) is 12.9. The SMILES string of the molecule is C=[C-]CCC(OC)OC.[Li+]. The molecule has 0 bridgehead atoms. The van der Waals surface area contributed by atoms with Crippen molar-refractivity contribution in [2.24, 2.45) is 0 Å². The van der Waals surface area contributed by atoms with Crippen molar-refractivity contribution in [3.8, 4) is 0 Å². The van der Waals surface area contributed by atoms with Crippen LogP contribution in [0.3, 0.4) is 0 Å². The summed E-state index contributed by atoms with van der Waals surface area (Å²) >= 11 is 0. The molecule has 3 heteroatoms. The van der Waals surface area contributed by atoms with E-state index in [1.54, 1.807) is 14.2 Å². The zero-order valence-corrected chi connectivity index (χ0v) is 7.02. The van der Waals surface area contributed by atoms with Gasteiger partial charge < -0.3 is 15.5 Å². The summed E-state index contributed by atoms with van der Waals surface area (Å²) in [5, 5.41) is 0. The minimum Gasteiger partial charge on any atom is -0.504 e. The predicted molar refractivity (Wildman–Crippen MR) is 35.9 cm³/mol. The van der Waals surface area contributed by atoms with Crippen LogP contribution in [0, 0.1) is 6.08 Å². The van der Waals surface area contributed by atoms with E-state index < -0.39 is 0 Å². The van der Waals surface area contributed by atoms with Gasteiger partial charge in [0, 0.05) is 14.2 Å². The zero-order valence-electron chi connectivity index (χ0n) is 7.02. The summed E-state index contributed by atoms with van der Waals surface area (Å²) in [5.41, 5.74) is 0. The minimum atomic E-state index is -0.0979. The van der Waals surface area contributed by atoms with Crippen molar-refractivity contribution in [1.29, 1.82) is 0 Å². The van der Waals surface area contributed by atoms with Crippen LogP contribution in [-0.4, -0.2) is 20.5 Å². The van der Waals surface area contributed by atoms with Crippen molar-refractivity contribution >= 4 is 0 Å². The first-order chi connectivity index (χ1) is 4.35. The molecule has 0 aromatic heterocycles. The maximum Gasteiger partial charge on any atom is 1.00 e.